The van der Waals surface area contributed by atoms with E-state index in [1.807, 2.05) is 0 Å². The van der Waals surface area contributed by atoms with Crippen LogP contribution in [0.3, 0.4) is 0 Å². The van der Waals surface area contributed by atoms with Gasteiger partial charge in [0.15, 0.2) is 0 Å². The van der Waals surface area contributed by atoms with Crippen molar-refractivity contribution >= 4 is 0 Å². The Morgan fingerprint density at radius 1 is 1.00 bits per heavy atom. The molecule has 2 unspecified atom stereocenters. The summed E-state index contributed by atoms with van der Waals surface area (Å²) in [4.78, 5) is 0. The molecule has 4 saturated carbocycles. The summed E-state index contributed by atoms with van der Waals surface area (Å²) >= 11 is 0. The van der Waals surface area contributed by atoms with Crippen molar-refractivity contribution in [3.63, 3.8) is 0 Å². The van der Waals surface area contributed by atoms with Crippen molar-refractivity contribution < 1.29 is 9.84 Å². The Morgan fingerprint density at radius 2 is 1.83 bits per heavy atom. The molecule has 0 aromatic heterocycles. The summed E-state index contributed by atoms with van der Waals surface area (Å²) in [5.74, 6) is 5.79. The van der Waals surface area contributed by atoms with Crippen LogP contribution < -0.4 is 0 Å². The van der Waals surface area contributed by atoms with Crippen molar-refractivity contribution in [1.29, 1.82) is 0 Å². The molecule has 29 heavy (non-hydrogen) atoms. The van der Waals surface area contributed by atoms with Gasteiger partial charge in [-0.05, 0) is 110 Å². The molecule has 2 nitrogen and oxygen atoms in total. The molecule has 0 radical (unpaired) electrons. The van der Waals surface area contributed by atoms with Gasteiger partial charge >= 0.3 is 0 Å². The zero-order chi connectivity index (χ0) is 20.4. The Kier molecular flexibility index (Phi) is 5.38. The van der Waals surface area contributed by atoms with Gasteiger partial charge in [-0.25, -0.2) is 0 Å². The fourth-order valence-electron chi connectivity index (χ4n) is 9.85. The van der Waals surface area contributed by atoms with E-state index in [0.717, 1.165) is 42.4 Å². The van der Waals surface area contributed by atoms with Crippen LogP contribution in [0.5, 0.6) is 0 Å². The summed E-state index contributed by atoms with van der Waals surface area (Å²) in [7, 11) is 0. The van der Waals surface area contributed by atoms with Gasteiger partial charge in [-0.1, -0.05) is 40.5 Å². The molecule has 2 heteroatoms. The smallest absolute Gasteiger partial charge is 0.0618 e. The molecule has 0 amide bonds. The van der Waals surface area contributed by atoms with Crippen LogP contribution in [0.25, 0.3) is 0 Å². The number of rotatable bonds is 4. The van der Waals surface area contributed by atoms with E-state index in [1.54, 1.807) is 0 Å². The number of ether oxygens (including phenoxy) is 1. The molecule has 4 aliphatic carbocycles. The molecule has 0 aromatic carbocycles. The van der Waals surface area contributed by atoms with E-state index in [9.17, 15) is 5.11 Å². The molecule has 0 bridgehead atoms. The topological polar surface area (TPSA) is 29.5 Å². The van der Waals surface area contributed by atoms with E-state index in [0.29, 0.717) is 41.5 Å². The van der Waals surface area contributed by atoms with Crippen LogP contribution in [0.15, 0.2) is 0 Å². The molecular formula is C27H46O2. The summed E-state index contributed by atoms with van der Waals surface area (Å²) < 4.78 is 6.78. The number of aliphatic hydroxyl groups excluding tert-OH is 1. The predicted octanol–water partition coefficient (Wildman–Crippen LogP) is 6.46. The lowest BCUT2D eigenvalue weighted by Crippen LogP contribution is -2.53. The van der Waals surface area contributed by atoms with E-state index >= 15 is 0 Å². The molecule has 11 atom stereocenters. The Bertz CT molecular complexity index is 603. The molecule has 5 aliphatic rings. The maximum Gasteiger partial charge on any atom is 0.0618 e. The van der Waals surface area contributed by atoms with Crippen LogP contribution in [0.4, 0.5) is 0 Å². The highest BCUT2D eigenvalue weighted by atomic mass is 16.5. The Morgan fingerprint density at radius 3 is 2.62 bits per heavy atom. The van der Waals surface area contributed by atoms with Crippen molar-refractivity contribution in [2.24, 2.45) is 52.3 Å². The second-order valence-electron chi connectivity index (χ2n) is 12.6. The highest BCUT2D eigenvalue weighted by molar-refractivity contribution is 5.13. The second kappa shape index (κ2) is 7.51. The fraction of sp³-hybridized carbons (Fsp3) is 1.00. The van der Waals surface area contributed by atoms with Gasteiger partial charge in [0.05, 0.1) is 12.2 Å². The highest BCUT2D eigenvalue weighted by Gasteiger charge is 2.65. The number of fused-ring (bicyclic) bond motifs is 7. The lowest BCUT2D eigenvalue weighted by Gasteiger charge is -2.60. The van der Waals surface area contributed by atoms with Crippen molar-refractivity contribution in [3.05, 3.63) is 0 Å². The third kappa shape index (κ3) is 3.09. The molecule has 1 N–H and O–H groups in total. The Labute approximate surface area is 179 Å². The van der Waals surface area contributed by atoms with Gasteiger partial charge in [-0.2, -0.15) is 0 Å². The van der Waals surface area contributed by atoms with Crippen LogP contribution in [0.2, 0.25) is 0 Å². The van der Waals surface area contributed by atoms with Crippen LogP contribution in [0.1, 0.15) is 98.3 Å². The molecule has 1 heterocycles. The molecule has 5 rings (SSSR count). The summed E-state index contributed by atoms with van der Waals surface area (Å²) in [6.07, 6.45) is 16.5. The van der Waals surface area contributed by atoms with Crippen molar-refractivity contribution in [2.45, 2.75) is 111 Å². The summed E-state index contributed by atoms with van der Waals surface area (Å²) in [5.41, 5.74) is 1.16. The van der Waals surface area contributed by atoms with Gasteiger partial charge in [0, 0.05) is 6.61 Å². The SMILES string of the molecule is C[C@@H](CO)CCC1O[C@H]2C[C@H]3[C@@H]4CCC5CCCC[C@]5(C)[C@H]4CC[C@]3(C)[C@H]2[C@@H]1C. The average molecular weight is 403 g/mol. The van der Waals surface area contributed by atoms with Crippen molar-refractivity contribution in [1.82, 2.24) is 0 Å². The van der Waals surface area contributed by atoms with Crippen LogP contribution in [0, 0.1) is 52.3 Å². The fourth-order valence-corrected chi connectivity index (χ4v) is 9.85. The lowest BCUT2D eigenvalue weighted by molar-refractivity contribution is -0.115. The molecule has 0 spiro atoms. The van der Waals surface area contributed by atoms with E-state index in [4.69, 9.17) is 4.74 Å². The second-order valence-corrected chi connectivity index (χ2v) is 12.6. The van der Waals surface area contributed by atoms with Gasteiger partial charge in [-0.15, -0.1) is 0 Å². The van der Waals surface area contributed by atoms with Crippen molar-refractivity contribution in [3.8, 4) is 0 Å². The summed E-state index contributed by atoms with van der Waals surface area (Å²) in [5, 5.41) is 9.40. The number of aliphatic hydroxyl groups is 1. The van der Waals surface area contributed by atoms with Crippen LogP contribution in [-0.2, 0) is 4.74 Å². The first-order chi connectivity index (χ1) is 13.9. The van der Waals surface area contributed by atoms with E-state index in [1.165, 1.54) is 57.8 Å². The lowest BCUT2D eigenvalue weighted by atomic mass is 9.44. The zero-order valence-corrected chi connectivity index (χ0v) is 19.5. The third-order valence-corrected chi connectivity index (χ3v) is 11.4. The van der Waals surface area contributed by atoms with E-state index in [-0.39, 0.29) is 0 Å². The maximum atomic E-state index is 9.40. The minimum absolute atomic E-state index is 0.316. The first kappa shape index (κ1) is 20.8. The van der Waals surface area contributed by atoms with Crippen LogP contribution >= 0.6 is 0 Å². The predicted molar refractivity (Wildman–Crippen MR) is 119 cm³/mol. The van der Waals surface area contributed by atoms with Gasteiger partial charge in [0.2, 0.25) is 0 Å². The minimum Gasteiger partial charge on any atom is -0.396 e. The summed E-state index contributed by atoms with van der Waals surface area (Å²) in [6.45, 7) is 10.4. The quantitative estimate of drug-likeness (QED) is 0.585. The molecule has 5 fully saturated rings. The standard InChI is InChI=1S/C27H46O2/c1-17(16-28)8-11-23-18(2)25-24(29-23)15-22-20-10-9-19-7-5-6-13-26(19,3)21(20)12-14-27(22,25)4/h17-25,28H,5-16H2,1-4H3/t17-,18-,19?,20-,21+,22+,23?,24+,25+,26+,27+/m1/s1. The average Bonchev–Trinajstić information content (AvgIpc) is 3.19. The Hall–Kier alpha value is -0.0800. The largest absolute Gasteiger partial charge is 0.396 e. The normalized spacial score (nSPS) is 54.9. The highest BCUT2D eigenvalue weighted by Crippen LogP contribution is 2.70. The number of hydrogen-bond acceptors (Lipinski definition) is 2. The van der Waals surface area contributed by atoms with Crippen LogP contribution in [-0.4, -0.2) is 23.9 Å². The first-order valence-electron chi connectivity index (χ1n) is 13.1. The minimum atomic E-state index is 0.316. The van der Waals surface area contributed by atoms with E-state index in [2.05, 4.69) is 27.7 Å². The molecule has 166 valence electrons. The zero-order valence-electron chi connectivity index (χ0n) is 19.5. The van der Waals surface area contributed by atoms with Gasteiger partial charge in [-0.3, -0.25) is 0 Å². The molecule has 1 saturated heterocycles. The molecular weight excluding hydrogens is 356 g/mol. The Balaban J connectivity index is 1.33. The molecule has 0 aromatic rings. The maximum absolute atomic E-state index is 9.40. The van der Waals surface area contributed by atoms with Gasteiger partial charge in [0.25, 0.3) is 0 Å². The number of hydrogen-bond donors (Lipinski definition) is 1. The third-order valence-electron chi connectivity index (χ3n) is 11.4. The van der Waals surface area contributed by atoms with Gasteiger partial charge in [0.1, 0.15) is 0 Å². The van der Waals surface area contributed by atoms with Crippen molar-refractivity contribution in [2.75, 3.05) is 6.61 Å². The van der Waals surface area contributed by atoms with Gasteiger partial charge < -0.3 is 9.84 Å². The van der Waals surface area contributed by atoms with E-state index < -0.39 is 0 Å². The molecule has 1 aliphatic heterocycles. The first-order valence-corrected chi connectivity index (χ1v) is 13.1. The monoisotopic (exact) mass is 402 g/mol. The summed E-state index contributed by atoms with van der Waals surface area (Å²) in [6, 6.07) is 0.